The summed E-state index contributed by atoms with van der Waals surface area (Å²) >= 11 is 0. The Kier molecular flexibility index (Phi) is 2.62. The first kappa shape index (κ1) is 11.0. The van der Waals surface area contributed by atoms with Crippen LogP contribution in [0.5, 0.6) is 0 Å². The smallest absolute Gasteiger partial charge is 0.161 e. The third-order valence-electron chi connectivity index (χ3n) is 3.03. The molecule has 1 nitrogen and oxygen atoms in total. The lowest BCUT2D eigenvalue weighted by molar-refractivity contribution is 0.510. The van der Waals surface area contributed by atoms with Crippen LogP contribution in [0.25, 0.3) is 10.9 Å². The third-order valence-corrected chi connectivity index (χ3v) is 3.03. The Hall–Kier alpha value is -1.51. The standard InChI is InChI=1S/C13H13F2N/c1-4-12-8(3)7(2)9-5-10(14)11(15)6-13(9)16-12/h5-6H,4H2,1-3H3. The molecule has 0 aliphatic carbocycles. The summed E-state index contributed by atoms with van der Waals surface area (Å²) < 4.78 is 26.2. The molecule has 0 aliphatic heterocycles. The normalized spacial score (nSPS) is 11.1. The predicted molar refractivity (Wildman–Crippen MR) is 60.5 cm³/mol. The van der Waals surface area contributed by atoms with Crippen LogP contribution >= 0.6 is 0 Å². The van der Waals surface area contributed by atoms with Crippen molar-refractivity contribution in [2.45, 2.75) is 27.2 Å². The van der Waals surface area contributed by atoms with E-state index in [1.54, 1.807) is 0 Å². The lowest BCUT2D eigenvalue weighted by Crippen LogP contribution is -1.98. The molecule has 0 atom stereocenters. The zero-order chi connectivity index (χ0) is 11.9. The number of benzene rings is 1. The molecule has 0 saturated carbocycles. The van der Waals surface area contributed by atoms with Crippen LogP contribution in [0.3, 0.4) is 0 Å². The summed E-state index contributed by atoms with van der Waals surface area (Å²) in [5, 5.41) is 0.689. The molecule has 0 saturated heterocycles. The van der Waals surface area contributed by atoms with Crippen molar-refractivity contribution < 1.29 is 8.78 Å². The first-order valence-corrected chi connectivity index (χ1v) is 5.29. The summed E-state index contributed by atoms with van der Waals surface area (Å²) in [5.41, 5.74) is 3.50. The van der Waals surface area contributed by atoms with Crippen LogP contribution in [0.1, 0.15) is 23.7 Å². The second-order valence-electron chi connectivity index (χ2n) is 3.95. The molecule has 0 bridgehead atoms. The lowest BCUT2D eigenvalue weighted by atomic mass is 10.0. The summed E-state index contributed by atoms with van der Waals surface area (Å²) in [7, 11) is 0. The van der Waals surface area contributed by atoms with E-state index in [2.05, 4.69) is 4.98 Å². The summed E-state index contributed by atoms with van der Waals surface area (Å²) in [5.74, 6) is -1.66. The highest BCUT2D eigenvalue weighted by atomic mass is 19.2. The van der Waals surface area contributed by atoms with Gasteiger partial charge in [0.05, 0.1) is 5.52 Å². The average molecular weight is 221 g/mol. The van der Waals surface area contributed by atoms with Crippen molar-refractivity contribution in [3.05, 3.63) is 40.6 Å². The molecule has 0 N–H and O–H groups in total. The number of hydrogen-bond donors (Lipinski definition) is 0. The largest absolute Gasteiger partial charge is 0.252 e. The molecular formula is C13H13F2N. The SMILES string of the molecule is CCc1nc2cc(F)c(F)cc2c(C)c1C. The van der Waals surface area contributed by atoms with Gasteiger partial charge in [-0.05, 0) is 37.5 Å². The number of halogens is 2. The highest BCUT2D eigenvalue weighted by molar-refractivity contribution is 5.83. The van der Waals surface area contributed by atoms with E-state index < -0.39 is 11.6 Å². The van der Waals surface area contributed by atoms with Crippen molar-refractivity contribution in [1.29, 1.82) is 0 Å². The highest BCUT2D eigenvalue weighted by Gasteiger charge is 2.11. The summed E-state index contributed by atoms with van der Waals surface area (Å²) in [6, 6.07) is 2.38. The summed E-state index contributed by atoms with van der Waals surface area (Å²) in [4.78, 5) is 4.35. The minimum absolute atomic E-state index is 0.527. The Morgan fingerprint density at radius 3 is 2.31 bits per heavy atom. The monoisotopic (exact) mass is 221 g/mol. The maximum Gasteiger partial charge on any atom is 0.161 e. The molecule has 84 valence electrons. The predicted octanol–water partition coefficient (Wildman–Crippen LogP) is 3.69. The van der Waals surface area contributed by atoms with Gasteiger partial charge in [0.1, 0.15) is 0 Å². The molecule has 0 amide bonds. The van der Waals surface area contributed by atoms with Gasteiger partial charge in [0.15, 0.2) is 11.6 Å². The number of aromatic nitrogens is 1. The van der Waals surface area contributed by atoms with Crippen LogP contribution in [0, 0.1) is 25.5 Å². The van der Waals surface area contributed by atoms with E-state index >= 15 is 0 Å². The van der Waals surface area contributed by atoms with Gasteiger partial charge in [-0.1, -0.05) is 6.92 Å². The van der Waals surface area contributed by atoms with Gasteiger partial charge >= 0.3 is 0 Å². The molecule has 1 aromatic carbocycles. The number of hydrogen-bond acceptors (Lipinski definition) is 1. The topological polar surface area (TPSA) is 12.9 Å². The van der Waals surface area contributed by atoms with Crippen molar-refractivity contribution in [2.75, 3.05) is 0 Å². The molecule has 16 heavy (non-hydrogen) atoms. The Labute approximate surface area is 93.1 Å². The van der Waals surface area contributed by atoms with Gasteiger partial charge in [-0.25, -0.2) is 8.78 Å². The highest BCUT2D eigenvalue weighted by Crippen LogP contribution is 2.24. The molecule has 0 fully saturated rings. The van der Waals surface area contributed by atoms with Gasteiger partial charge in [-0.2, -0.15) is 0 Å². The van der Waals surface area contributed by atoms with Crippen LogP contribution in [-0.2, 0) is 6.42 Å². The first-order valence-electron chi connectivity index (χ1n) is 5.29. The number of pyridine rings is 1. The molecule has 0 spiro atoms. The van der Waals surface area contributed by atoms with Crippen molar-refractivity contribution in [3.8, 4) is 0 Å². The van der Waals surface area contributed by atoms with Gasteiger partial charge in [-0.15, -0.1) is 0 Å². The fourth-order valence-corrected chi connectivity index (χ4v) is 1.92. The molecule has 3 heteroatoms. The second-order valence-corrected chi connectivity index (χ2v) is 3.95. The van der Waals surface area contributed by atoms with E-state index in [4.69, 9.17) is 0 Å². The third kappa shape index (κ3) is 1.56. The van der Waals surface area contributed by atoms with Crippen LogP contribution < -0.4 is 0 Å². The van der Waals surface area contributed by atoms with Gasteiger partial charge in [0.2, 0.25) is 0 Å². The zero-order valence-electron chi connectivity index (χ0n) is 9.56. The fraction of sp³-hybridized carbons (Fsp3) is 0.308. The van der Waals surface area contributed by atoms with Crippen molar-refractivity contribution in [3.63, 3.8) is 0 Å². The van der Waals surface area contributed by atoms with Gasteiger partial charge in [0.25, 0.3) is 0 Å². The lowest BCUT2D eigenvalue weighted by Gasteiger charge is -2.10. The van der Waals surface area contributed by atoms with E-state index in [0.29, 0.717) is 10.9 Å². The number of aryl methyl sites for hydroxylation is 2. The van der Waals surface area contributed by atoms with Gasteiger partial charge in [0, 0.05) is 17.1 Å². The number of rotatable bonds is 1. The molecule has 0 aliphatic rings. The first-order chi connectivity index (χ1) is 7.54. The molecule has 2 aromatic rings. The Morgan fingerprint density at radius 2 is 1.69 bits per heavy atom. The molecule has 1 heterocycles. The van der Waals surface area contributed by atoms with E-state index in [9.17, 15) is 8.78 Å². The van der Waals surface area contributed by atoms with E-state index in [0.717, 1.165) is 29.3 Å². The van der Waals surface area contributed by atoms with Gasteiger partial charge in [-0.3, -0.25) is 4.98 Å². The van der Waals surface area contributed by atoms with Crippen molar-refractivity contribution in [2.24, 2.45) is 0 Å². The number of nitrogens with zero attached hydrogens (tertiary/aromatic N) is 1. The Balaban J connectivity index is 2.87. The minimum atomic E-state index is -0.842. The number of fused-ring (bicyclic) bond motifs is 1. The maximum absolute atomic E-state index is 13.1. The summed E-state index contributed by atoms with van der Waals surface area (Å²) in [6.07, 6.45) is 0.793. The van der Waals surface area contributed by atoms with E-state index in [-0.39, 0.29) is 0 Å². The van der Waals surface area contributed by atoms with Crippen LogP contribution in [0.15, 0.2) is 12.1 Å². The molecule has 0 radical (unpaired) electrons. The van der Waals surface area contributed by atoms with Crippen molar-refractivity contribution >= 4 is 10.9 Å². The summed E-state index contributed by atoms with van der Waals surface area (Å²) in [6.45, 7) is 5.87. The molecule has 1 aromatic heterocycles. The molecule has 2 rings (SSSR count). The van der Waals surface area contributed by atoms with E-state index in [1.165, 1.54) is 6.07 Å². The molecule has 0 unspecified atom stereocenters. The maximum atomic E-state index is 13.1. The zero-order valence-corrected chi connectivity index (χ0v) is 9.56. The average Bonchev–Trinajstić information content (AvgIpc) is 2.26. The van der Waals surface area contributed by atoms with E-state index in [1.807, 2.05) is 20.8 Å². The van der Waals surface area contributed by atoms with Crippen LogP contribution in [0.2, 0.25) is 0 Å². The quantitative estimate of drug-likeness (QED) is 0.715. The van der Waals surface area contributed by atoms with Gasteiger partial charge < -0.3 is 0 Å². The Bertz CT molecular complexity index is 562. The van der Waals surface area contributed by atoms with Crippen molar-refractivity contribution in [1.82, 2.24) is 4.98 Å². The second kappa shape index (κ2) is 3.81. The molecular weight excluding hydrogens is 208 g/mol. The Morgan fingerprint density at radius 1 is 1.06 bits per heavy atom. The van der Waals surface area contributed by atoms with Crippen LogP contribution in [-0.4, -0.2) is 4.98 Å². The fourth-order valence-electron chi connectivity index (χ4n) is 1.92. The van der Waals surface area contributed by atoms with Crippen LogP contribution in [0.4, 0.5) is 8.78 Å². The minimum Gasteiger partial charge on any atom is -0.252 e.